The number of benzene rings is 2. The molecular weight excluding hydrogens is 366 g/mol. The Balaban J connectivity index is 2.34. The van der Waals surface area contributed by atoms with Gasteiger partial charge in [-0.2, -0.15) is 0 Å². The highest BCUT2D eigenvalue weighted by Gasteiger charge is 2.15. The Morgan fingerprint density at radius 3 is 2.75 bits per heavy atom. The maximum Gasteiger partial charge on any atom is 0.151 e. The monoisotopic (exact) mass is 372 g/mol. The Morgan fingerprint density at radius 2 is 2.05 bits per heavy atom. The molecule has 0 radical (unpaired) electrons. The molecule has 0 saturated heterocycles. The Kier molecular flexibility index (Phi) is 3.71. The van der Waals surface area contributed by atoms with E-state index in [1.807, 2.05) is 22.8 Å². The number of hydrogen-bond acceptors (Lipinski definition) is 1. The normalized spacial score (nSPS) is 11.2. The zero-order valence-electron chi connectivity index (χ0n) is 10.1. The number of alkyl halides is 1. The lowest BCUT2D eigenvalue weighted by Gasteiger charge is -2.09. The predicted octanol–water partition coefficient (Wildman–Crippen LogP) is 5.32. The SMILES string of the molecule is Fc1cccc2c1nc(CCl)n2-c1ccc(Cl)c(Br)c1. The third kappa shape index (κ3) is 2.22. The fraction of sp³-hybridized carbons (Fsp3) is 0.0714. The largest absolute Gasteiger partial charge is 0.295 e. The summed E-state index contributed by atoms with van der Waals surface area (Å²) in [5, 5.41) is 0.608. The van der Waals surface area contributed by atoms with Crippen molar-refractivity contribution < 1.29 is 4.39 Å². The number of imidazole rings is 1. The summed E-state index contributed by atoms with van der Waals surface area (Å²) in [4.78, 5) is 4.27. The van der Waals surface area contributed by atoms with Gasteiger partial charge >= 0.3 is 0 Å². The Bertz CT molecular complexity index is 801. The summed E-state index contributed by atoms with van der Waals surface area (Å²) < 4.78 is 16.4. The summed E-state index contributed by atoms with van der Waals surface area (Å²) in [6.07, 6.45) is 0. The van der Waals surface area contributed by atoms with Crippen LogP contribution in [0.4, 0.5) is 4.39 Å². The quantitative estimate of drug-likeness (QED) is 0.556. The third-order valence-electron chi connectivity index (χ3n) is 2.99. The Labute approximate surface area is 133 Å². The van der Waals surface area contributed by atoms with Crippen molar-refractivity contribution >= 4 is 50.2 Å². The van der Waals surface area contributed by atoms with E-state index in [-0.39, 0.29) is 11.7 Å². The van der Waals surface area contributed by atoms with Crippen LogP contribution in [0.2, 0.25) is 5.02 Å². The molecule has 3 rings (SSSR count). The summed E-state index contributed by atoms with van der Waals surface area (Å²) in [7, 11) is 0. The van der Waals surface area contributed by atoms with Crippen LogP contribution in [0.15, 0.2) is 40.9 Å². The smallest absolute Gasteiger partial charge is 0.151 e. The first kappa shape index (κ1) is 13.9. The van der Waals surface area contributed by atoms with E-state index in [0.29, 0.717) is 21.9 Å². The maximum absolute atomic E-state index is 13.8. The van der Waals surface area contributed by atoms with Gasteiger partial charge in [0.05, 0.1) is 16.4 Å². The molecule has 2 aromatic carbocycles. The van der Waals surface area contributed by atoms with Gasteiger partial charge in [0.1, 0.15) is 11.3 Å². The van der Waals surface area contributed by atoms with Gasteiger partial charge in [0.25, 0.3) is 0 Å². The predicted molar refractivity (Wildman–Crippen MR) is 83.3 cm³/mol. The molecule has 0 unspecified atom stereocenters. The van der Waals surface area contributed by atoms with Crippen LogP contribution in [0.5, 0.6) is 0 Å². The number of hydrogen-bond donors (Lipinski definition) is 0. The van der Waals surface area contributed by atoms with Crippen LogP contribution in [0.1, 0.15) is 5.82 Å². The van der Waals surface area contributed by atoms with Crippen molar-refractivity contribution in [1.82, 2.24) is 9.55 Å². The van der Waals surface area contributed by atoms with Crippen molar-refractivity contribution in [1.29, 1.82) is 0 Å². The van der Waals surface area contributed by atoms with Crippen LogP contribution in [-0.4, -0.2) is 9.55 Å². The molecule has 0 aliphatic rings. The van der Waals surface area contributed by atoms with Crippen molar-refractivity contribution in [3.05, 3.63) is 57.5 Å². The first-order valence-corrected chi connectivity index (χ1v) is 7.49. The zero-order valence-corrected chi connectivity index (χ0v) is 13.2. The third-order valence-corrected chi connectivity index (χ3v) is 4.44. The topological polar surface area (TPSA) is 17.8 Å². The van der Waals surface area contributed by atoms with E-state index in [4.69, 9.17) is 23.2 Å². The van der Waals surface area contributed by atoms with E-state index >= 15 is 0 Å². The molecule has 0 atom stereocenters. The first-order valence-electron chi connectivity index (χ1n) is 5.79. The lowest BCUT2D eigenvalue weighted by Crippen LogP contribution is -1.99. The number of rotatable bonds is 2. The molecule has 0 saturated carbocycles. The second-order valence-corrected chi connectivity index (χ2v) is 5.73. The van der Waals surface area contributed by atoms with Gasteiger partial charge in [-0.3, -0.25) is 4.57 Å². The Morgan fingerprint density at radius 1 is 1.25 bits per heavy atom. The first-order chi connectivity index (χ1) is 9.61. The summed E-state index contributed by atoms with van der Waals surface area (Å²) in [5.74, 6) is 0.413. The highest BCUT2D eigenvalue weighted by Crippen LogP contribution is 2.29. The molecule has 3 aromatic rings. The molecule has 0 amide bonds. The molecule has 0 fully saturated rings. The highest BCUT2D eigenvalue weighted by atomic mass is 79.9. The van der Waals surface area contributed by atoms with E-state index in [1.54, 1.807) is 12.1 Å². The van der Waals surface area contributed by atoms with Crippen LogP contribution >= 0.6 is 39.1 Å². The van der Waals surface area contributed by atoms with Gasteiger partial charge in [0.15, 0.2) is 5.82 Å². The van der Waals surface area contributed by atoms with Gasteiger partial charge in [-0.25, -0.2) is 9.37 Å². The molecule has 6 heteroatoms. The van der Waals surface area contributed by atoms with Crippen molar-refractivity contribution in [2.24, 2.45) is 0 Å². The van der Waals surface area contributed by atoms with Crippen LogP contribution in [0, 0.1) is 5.82 Å². The van der Waals surface area contributed by atoms with Crippen molar-refractivity contribution in [2.45, 2.75) is 5.88 Å². The van der Waals surface area contributed by atoms with E-state index < -0.39 is 0 Å². The number of para-hydroxylation sites is 1. The molecule has 0 bridgehead atoms. The molecule has 0 aliphatic heterocycles. The van der Waals surface area contributed by atoms with Gasteiger partial charge in [0, 0.05) is 10.2 Å². The lowest BCUT2D eigenvalue weighted by atomic mass is 10.2. The van der Waals surface area contributed by atoms with E-state index in [2.05, 4.69) is 20.9 Å². The molecular formula is C14H8BrCl2FN2. The van der Waals surface area contributed by atoms with Crippen LogP contribution in [0.3, 0.4) is 0 Å². The highest BCUT2D eigenvalue weighted by molar-refractivity contribution is 9.10. The molecule has 0 N–H and O–H groups in total. The second-order valence-electron chi connectivity index (χ2n) is 4.20. The number of nitrogens with zero attached hydrogens (tertiary/aromatic N) is 2. The van der Waals surface area contributed by atoms with Gasteiger partial charge in [-0.15, -0.1) is 11.6 Å². The molecule has 0 spiro atoms. The number of aromatic nitrogens is 2. The molecule has 1 heterocycles. The minimum absolute atomic E-state index is 0.189. The molecule has 20 heavy (non-hydrogen) atoms. The minimum atomic E-state index is -0.361. The molecule has 102 valence electrons. The summed E-state index contributed by atoms with van der Waals surface area (Å²) >= 11 is 15.3. The average Bonchev–Trinajstić information content (AvgIpc) is 2.82. The standard InChI is InChI=1S/C14H8BrCl2FN2/c15-9-6-8(4-5-10(9)17)20-12-3-1-2-11(18)14(12)19-13(20)7-16/h1-6H,7H2. The second kappa shape index (κ2) is 5.35. The summed E-state index contributed by atoms with van der Waals surface area (Å²) in [5.41, 5.74) is 1.81. The van der Waals surface area contributed by atoms with Crippen molar-refractivity contribution in [3.63, 3.8) is 0 Å². The summed E-state index contributed by atoms with van der Waals surface area (Å²) in [6.45, 7) is 0. The zero-order chi connectivity index (χ0) is 14.3. The molecule has 0 aliphatic carbocycles. The van der Waals surface area contributed by atoms with Crippen LogP contribution in [0.25, 0.3) is 16.7 Å². The van der Waals surface area contributed by atoms with Crippen molar-refractivity contribution in [3.8, 4) is 5.69 Å². The summed E-state index contributed by atoms with van der Waals surface area (Å²) in [6, 6.07) is 10.3. The van der Waals surface area contributed by atoms with Crippen LogP contribution in [-0.2, 0) is 5.88 Å². The maximum atomic E-state index is 13.8. The van der Waals surface area contributed by atoms with Crippen molar-refractivity contribution in [2.75, 3.05) is 0 Å². The number of fused-ring (bicyclic) bond motifs is 1. The molecule has 1 aromatic heterocycles. The van der Waals surface area contributed by atoms with Gasteiger partial charge in [-0.1, -0.05) is 17.7 Å². The fourth-order valence-electron chi connectivity index (χ4n) is 2.12. The van der Waals surface area contributed by atoms with E-state index in [9.17, 15) is 4.39 Å². The average molecular weight is 374 g/mol. The van der Waals surface area contributed by atoms with Gasteiger partial charge in [0.2, 0.25) is 0 Å². The van der Waals surface area contributed by atoms with E-state index in [1.165, 1.54) is 6.07 Å². The number of halogens is 4. The fourth-order valence-corrected chi connectivity index (χ4v) is 2.78. The lowest BCUT2D eigenvalue weighted by molar-refractivity contribution is 0.637. The van der Waals surface area contributed by atoms with Gasteiger partial charge in [-0.05, 0) is 46.3 Å². The molecule has 2 nitrogen and oxygen atoms in total. The minimum Gasteiger partial charge on any atom is -0.295 e. The Hall–Kier alpha value is -1.10. The van der Waals surface area contributed by atoms with Gasteiger partial charge < -0.3 is 0 Å². The van der Waals surface area contributed by atoms with Crippen LogP contribution < -0.4 is 0 Å². The van der Waals surface area contributed by atoms with E-state index in [0.717, 1.165) is 10.2 Å².